The molecule has 0 saturated carbocycles. The van der Waals surface area contributed by atoms with Gasteiger partial charge in [0.1, 0.15) is 0 Å². The predicted molar refractivity (Wildman–Crippen MR) is 53.1 cm³/mol. The van der Waals surface area contributed by atoms with Crippen LogP contribution in [0.3, 0.4) is 0 Å². The van der Waals surface area contributed by atoms with E-state index < -0.39 is 5.91 Å². The summed E-state index contributed by atoms with van der Waals surface area (Å²) < 4.78 is 0. The van der Waals surface area contributed by atoms with E-state index in [2.05, 4.69) is 5.32 Å². The molecule has 0 unspecified atom stereocenters. The van der Waals surface area contributed by atoms with E-state index in [4.69, 9.17) is 5.73 Å². The third-order valence-electron chi connectivity index (χ3n) is 2.07. The van der Waals surface area contributed by atoms with E-state index in [1.54, 1.807) is 32.2 Å². The molecule has 0 saturated heterocycles. The number of carbonyl (C=O) groups is 2. The van der Waals surface area contributed by atoms with E-state index in [-0.39, 0.29) is 5.91 Å². The Bertz CT molecular complexity index is 386. The van der Waals surface area contributed by atoms with Crippen molar-refractivity contribution in [3.8, 4) is 0 Å². The molecule has 0 aromatic heterocycles. The molecule has 3 N–H and O–H groups in total. The van der Waals surface area contributed by atoms with Gasteiger partial charge in [0.15, 0.2) is 0 Å². The second kappa shape index (κ2) is 3.91. The zero-order valence-electron chi connectivity index (χ0n) is 8.13. The lowest BCUT2D eigenvalue weighted by atomic mass is 10.0. The van der Waals surface area contributed by atoms with Crippen molar-refractivity contribution in [1.29, 1.82) is 0 Å². The maximum Gasteiger partial charge on any atom is 0.251 e. The number of benzene rings is 1. The molecule has 0 aliphatic heterocycles. The van der Waals surface area contributed by atoms with E-state index in [9.17, 15) is 9.59 Å². The van der Waals surface area contributed by atoms with Crippen LogP contribution in [0.15, 0.2) is 18.2 Å². The van der Waals surface area contributed by atoms with Gasteiger partial charge in [-0.25, -0.2) is 0 Å². The molecule has 14 heavy (non-hydrogen) atoms. The van der Waals surface area contributed by atoms with Crippen molar-refractivity contribution in [2.75, 3.05) is 7.05 Å². The van der Waals surface area contributed by atoms with Crippen molar-refractivity contribution in [2.24, 2.45) is 5.73 Å². The number of carbonyl (C=O) groups excluding carboxylic acids is 2. The second-order valence-electron chi connectivity index (χ2n) is 2.92. The first-order valence-electron chi connectivity index (χ1n) is 4.19. The summed E-state index contributed by atoms with van der Waals surface area (Å²) in [6.45, 7) is 1.70. The maximum atomic E-state index is 11.3. The van der Waals surface area contributed by atoms with Gasteiger partial charge in [-0.05, 0) is 24.6 Å². The number of nitrogens with two attached hydrogens (primary N) is 1. The van der Waals surface area contributed by atoms with Crippen LogP contribution in [0.2, 0.25) is 0 Å². The highest BCUT2D eigenvalue weighted by Crippen LogP contribution is 2.12. The molecule has 0 radical (unpaired) electrons. The number of amides is 2. The van der Waals surface area contributed by atoms with Crippen LogP contribution in [-0.2, 0) is 0 Å². The lowest BCUT2D eigenvalue weighted by molar-refractivity contribution is 0.0962. The van der Waals surface area contributed by atoms with Gasteiger partial charge in [0.2, 0.25) is 5.91 Å². The molecule has 0 heterocycles. The smallest absolute Gasteiger partial charge is 0.251 e. The first-order chi connectivity index (χ1) is 6.57. The predicted octanol–water partition coefficient (Wildman–Crippen LogP) is 0.454. The maximum absolute atomic E-state index is 11.3. The van der Waals surface area contributed by atoms with Crippen molar-refractivity contribution in [3.05, 3.63) is 34.9 Å². The first kappa shape index (κ1) is 10.2. The Morgan fingerprint density at radius 3 is 2.36 bits per heavy atom. The van der Waals surface area contributed by atoms with E-state index in [0.717, 1.165) is 0 Å². The Balaban J connectivity index is 3.27. The highest BCUT2D eigenvalue weighted by molar-refractivity contribution is 6.01. The summed E-state index contributed by atoms with van der Waals surface area (Å²) in [7, 11) is 1.54. The third kappa shape index (κ3) is 1.74. The average molecular weight is 192 g/mol. The zero-order valence-corrected chi connectivity index (χ0v) is 8.13. The molecule has 0 fully saturated rings. The number of hydrogen-bond donors (Lipinski definition) is 2. The number of rotatable bonds is 2. The third-order valence-corrected chi connectivity index (χ3v) is 2.07. The summed E-state index contributed by atoms with van der Waals surface area (Å²) in [5.74, 6) is -0.737. The first-order valence-corrected chi connectivity index (χ1v) is 4.19. The van der Waals surface area contributed by atoms with Gasteiger partial charge < -0.3 is 11.1 Å². The quantitative estimate of drug-likeness (QED) is 0.714. The highest BCUT2D eigenvalue weighted by Gasteiger charge is 2.12. The summed E-state index contributed by atoms with van der Waals surface area (Å²) >= 11 is 0. The minimum Gasteiger partial charge on any atom is -0.366 e. The summed E-state index contributed by atoms with van der Waals surface area (Å²) in [6.07, 6.45) is 0. The monoisotopic (exact) mass is 192 g/mol. The molecule has 4 heteroatoms. The molecule has 0 spiro atoms. The van der Waals surface area contributed by atoms with E-state index in [1.165, 1.54) is 0 Å². The normalized spacial score (nSPS) is 9.57. The molecule has 1 rings (SSSR count). The molecule has 1 aromatic rings. The Kier molecular flexibility index (Phi) is 2.86. The lowest BCUT2D eigenvalue weighted by Crippen LogP contribution is -2.21. The van der Waals surface area contributed by atoms with Crippen molar-refractivity contribution in [2.45, 2.75) is 6.92 Å². The zero-order chi connectivity index (χ0) is 10.7. The number of nitrogens with one attached hydrogen (secondary N) is 1. The van der Waals surface area contributed by atoms with Gasteiger partial charge in [-0.3, -0.25) is 9.59 Å². The molecule has 0 bridgehead atoms. The minimum absolute atomic E-state index is 0.217. The van der Waals surface area contributed by atoms with Gasteiger partial charge in [0.05, 0.1) is 0 Å². The van der Waals surface area contributed by atoms with Gasteiger partial charge in [0, 0.05) is 18.2 Å². The fourth-order valence-electron chi connectivity index (χ4n) is 1.28. The molecule has 2 amide bonds. The Morgan fingerprint density at radius 2 is 1.86 bits per heavy atom. The molecule has 0 aliphatic rings. The fourth-order valence-corrected chi connectivity index (χ4v) is 1.28. The average Bonchev–Trinajstić information content (AvgIpc) is 2.16. The van der Waals surface area contributed by atoms with Gasteiger partial charge in [-0.2, -0.15) is 0 Å². The topological polar surface area (TPSA) is 72.2 Å². The highest BCUT2D eigenvalue weighted by atomic mass is 16.2. The van der Waals surface area contributed by atoms with Gasteiger partial charge in [0.25, 0.3) is 5.91 Å². The van der Waals surface area contributed by atoms with Crippen molar-refractivity contribution in [3.63, 3.8) is 0 Å². The van der Waals surface area contributed by atoms with Crippen LogP contribution < -0.4 is 11.1 Å². The minimum atomic E-state index is -0.520. The van der Waals surface area contributed by atoms with E-state index in [1.807, 2.05) is 0 Å². The van der Waals surface area contributed by atoms with Crippen LogP contribution in [0.1, 0.15) is 26.3 Å². The number of primary amides is 1. The summed E-state index contributed by atoms with van der Waals surface area (Å²) in [6, 6.07) is 4.89. The molecular formula is C10H12N2O2. The van der Waals surface area contributed by atoms with Crippen LogP contribution in [0.5, 0.6) is 0 Å². The molecule has 1 aromatic carbocycles. The van der Waals surface area contributed by atoms with E-state index in [0.29, 0.717) is 16.7 Å². The summed E-state index contributed by atoms with van der Waals surface area (Å²) in [4.78, 5) is 22.3. The van der Waals surface area contributed by atoms with Crippen LogP contribution in [0.25, 0.3) is 0 Å². The Labute approximate surface area is 82.1 Å². The Hall–Kier alpha value is -1.84. The molecule has 74 valence electrons. The van der Waals surface area contributed by atoms with Crippen LogP contribution in [-0.4, -0.2) is 18.9 Å². The van der Waals surface area contributed by atoms with Gasteiger partial charge in [-0.1, -0.05) is 6.07 Å². The molecule has 0 atom stereocenters. The summed E-state index contributed by atoms with van der Waals surface area (Å²) in [5.41, 5.74) is 6.62. The van der Waals surface area contributed by atoms with Gasteiger partial charge >= 0.3 is 0 Å². The van der Waals surface area contributed by atoms with Crippen molar-refractivity contribution in [1.82, 2.24) is 5.32 Å². The molecular weight excluding hydrogens is 180 g/mol. The number of hydrogen-bond acceptors (Lipinski definition) is 2. The second-order valence-corrected chi connectivity index (χ2v) is 2.92. The van der Waals surface area contributed by atoms with Gasteiger partial charge in [-0.15, -0.1) is 0 Å². The Morgan fingerprint density at radius 1 is 1.29 bits per heavy atom. The standard InChI is InChI=1S/C10H12N2O2/c1-6-7(9(11)13)4-3-5-8(6)10(14)12-2/h3-5H,1-2H3,(H2,11,13)(H,12,14). The fraction of sp³-hybridized carbons (Fsp3) is 0.200. The largest absolute Gasteiger partial charge is 0.366 e. The molecule has 0 aliphatic carbocycles. The van der Waals surface area contributed by atoms with E-state index >= 15 is 0 Å². The lowest BCUT2D eigenvalue weighted by Gasteiger charge is -2.07. The summed E-state index contributed by atoms with van der Waals surface area (Å²) in [5, 5.41) is 2.50. The SMILES string of the molecule is CNC(=O)c1cccc(C(N)=O)c1C. The van der Waals surface area contributed by atoms with Crippen LogP contribution in [0, 0.1) is 6.92 Å². The molecule has 4 nitrogen and oxygen atoms in total. The van der Waals surface area contributed by atoms with Crippen molar-refractivity contribution < 1.29 is 9.59 Å². The van der Waals surface area contributed by atoms with Crippen LogP contribution >= 0.6 is 0 Å². The van der Waals surface area contributed by atoms with Crippen LogP contribution in [0.4, 0.5) is 0 Å². The van der Waals surface area contributed by atoms with Crippen molar-refractivity contribution >= 4 is 11.8 Å².